The number of halogens is 1. The fraction of sp³-hybridized carbons (Fsp3) is 0.160. The molecule has 3 N–H and O–H groups in total. The molecule has 1 unspecified atom stereocenters. The van der Waals surface area contributed by atoms with E-state index < -0.39 is 17.7 Å². The second kappa shape index (κ2) is 9.11. The molecule has 32 heavy (non-hydrogen) atoms. The molecule has 1 heterocycles. The van der Waals surface area contributed by atoms with Crippen LogP contribution >= 0.6 is 0 Å². The van der Waals surface area contributed by atoms with Crippen molar-refractivity contribution in [2.45, 2.75) is 18.9 Å². The van der Waals surface area contributed by atoms with Gasteiger partial charge in [-0.15, -0.1) is 0 Å². The Morgan fingerprint density at radius 1 is 1.09 bits per heavy atom. The lowest BCUT2D eigenvalue weighted by molar-refractivity contribution is -0.136. The summed E-state index contributed by atoms with van der Waals surface area (Å²) in [6, 6.07) is 18.8. The van der Waals surface area contributed by atoms with Gasteiger partial charge in [0.2, 0.25) is 5.91 Å². The number of carbonyl (C=O) groups excluding carboxylic acids is 1. The van der Waals surface area contributed by atoms with Gasteiger partial charge in [0.05, 0.1) is 17.8 Å². The molecule has 0 saturated carbocycles. The summed E-state index contributed by atoms with van der Waals surface area (Å²) in [5, 5.41) is 15.0. The van der Waals surface area contributed by atoms with Crippen LogP contribution in [0.5, 0.6) is 0 Å². The van der Waals surface area contributed by atoms with Crippen LogP contribution in [0.4, 0.5) is 15.8 Å². The van der Waals surface area contributed by atoms with E-state index in [2.05, 4.69) is 10.6 Å². The van der Waals surface area contributed by atoms with Gasteiger partial charge in [-0.3, -0.25) is 14.6 Å². The number of amides is 1. The van der Waals surface area contributed by atoms with Gasteiger partial charge in [0.15, 0.2) is 0 Å². The minimum absolute atomic E-state index is 0.140. The predicted octanol–water partition coefficient (Wildman–Crippen LogP) is 4.03. The Kier molecular flexibility index (Phi) is 6.09. The quantitative estimate of drug-likeness (QED) is 0.493. The smallest absolute Gasteiger partial charge is 0.307 e. The summed E-state index contributed by atoms with van der Waals surface area (Å²) in [5.74, 6) is -2.44. The highest BCUT2D eigenvalue weighted by atomic mass is 19.1. The van der Waals surface area contributed by atoms with Crippen molar-refractivity contribution < 1.29 is 19.1 Å². The number of rotatable bonds is 7. The maximum absolute atomic E-state index is 13.7. The third-order valence-corrected chi connectivity index (χ3v) is 5.26. The Morgan fingerprint density at radius 3 is 2.59 bits per heavy atom. The predicted molar refractivity (Wildman–Crippen MR) is 121 cm³/mol. The first kappa shape index (κ1) is 21.4. The molecule has 3 aromatic carbocycles. The number of benzene rings is 3. The first-order valence-corrected chi connectivity index (χ1v) is 10.2. The highest BCUT2D eigenvalue weighted by Gasteiger charge is 2.35. The maximum Gasteiger partial charge on any atom is 0.307 e. The first-order valence-electron chi connectivity index (χ1n) is 10.2. The maximum atomic E-state index is 13.7. The number of hydrogen-bond acceptors (Lipinski definition) is 4. The molecule has 6 nitrogen and oxygen atoms in total. The highest BCUT2D eigenvalue weighted by Crippen LogP contribution is 2.36. The van der Waals surface area contributed by atoms with Gasteiger partial charge in [-0.2, -0.15) is 0 Å². The molecule has 4 rings (SSSR count). The van der Waals surface area contributed by atoms with Gasteiger partial charge in [-0.1, -0.05) is 36.4 Å². The molecule has 0 spiro atoms. The molecule has 1 atom stereocenters. The Balaban J connectivity index is 1.82. The number of nitrogens with zero attached hydrogens (tertiary/aromatic N) is 1. The van der Waals surface area contributed by atoms with Crippen molar-refractivity contribution in [2.75, 3.05) is 12.4 Å². The van der Waals surface area contributed by atoms with Crippen molar-refractivity contribution in [3.05, 3.63) is 94.8 Å². The molecule has 0 radical (unpaired) electrons. The summed E-state index contributed by atoms with van der Waals surface area (Å²) in [7, 11) is 1.87. The largest absolute Gasteiger partial charge is 0.481 e. The molecule has 7 heteroatoms. The lowest BCUT2D eigenvalue weighted by atomic mass is 9.89. The monoisotopic (exact) mass is 431 g/mol. The van der Waals surface area contributed by atoms with E-state index in [1.54, 1.807) is 30.3 Å². The Hall–Kier alpha value is -3.84. The van der Waals surface area contributed by atoms with Gasteiger partial charge in [0.1, 0.15) is 11.7 Å². The normalized spacial score (nSPS) is 15.4. The third kappa shape index (κ3) is 4.58. The summed E-state index contributed by atoms with van der Waals surface area (Å²) < 4.78 is 13.7. The van der Waals surface area contributed by atoms with Gasteiger partial charge in [0, 0.05) is 12.2 Å². The van der Waals surface area contributed by atoms with Crippen LogP contribution in [0.25, 0.3) is 0 Å². The number of aliphatic carboxylic acids is 1. The fourth-order valence-corrected chi connectivity index (χ4v) is 3.85. The topological polar surface area (TPSA) is 90.8 Å². The number of carboxylic acids is 1. The lowest BCUT2D eigenvalue weighted by Gasteiger charge is -2.15. The van der Waals surface area contributed by atoms with Crippen molar-refractivity contribution in [1.82, 2.24) is 5.32 Å². The van der Waals surface area contributed by atoms with E-state index in [1.807, 2.05) is 31.3 Å². The van der Waals surface area contributed by atoms with Gasteiger partial charge in [0.25, 0.3) is 0 Å². The number of carboxylic acid groups (broad SMARTS) is 1. The third-order valence-electron chi connectivity index (χ3n) is 5.26. The molecule has 0 bridgehead atoms. The van der Waals surface area contributed by atoms with Crippen molar-refractivity contribution in [2.24, 2.45) is 4.99 Å². The zero-order chi connectivity index (χ0) is 22.7. The average molecular weight is 431 g/mol. The minimum Gasteiger partial charge on any atom is -0.481 e. The van der Waals surface area contributed by atoms with Crippen molar-refractivity contribution in [1.29, 1.82) is 0 Å². The first-order chi connectivity index (χ1) is 15.4. The molecule has 1 aliphatic heterocycles. The van der Waals surface area contributed by atoms with E-state index in [-0.39, 0.29) is 12.3 Å². The SMILES string of the molecule is CNCc1ccc(N=C(c2cccc(CC(=O)O)c2)C2C(=O)Nc3cc(F)ccc32)cc1. The number of anilines is 1. The number of nitrogens with one attached hydrogen (secondary N) is 2. The van der Waals surface area contributed by atoms with Crippen LogP contribution in [0.3, 0.4) is 0 Å². The summed E-state index contributed by atoms with van der Waals surface area (Å²) in [5.41, 5.74) is 4.51. The number of carbonyl (C=O) groups is 2. The van der Waals surface area contributed by atoms with Crippen LogP contribution < -0.4 is 10.6 Å². The van der Waals surface area contributed by atoms with Crippen molar-refractivity contribution in [3.8, 4) is 0 Å². The molecule has 3 aromatic rings. The Bertz CT molecular complexity index is 1210. The summed E-state index contributed by atoms with van der Waals surface area (Å²) in [6.45, 7) is 0.720. The summed E-state index contributed by atoms with van der Waals surface area (Å²) in [4.78, 5) is 28.9. The molecule has 0 aliphatic carbocycles. The van der Waals surface area contributed by atoms with Crippen LogP contribution in [0.15, 0.2) is 71.7 Å². The zero-order valence-corrected chi connectivity index (χ0v) is 17.4. The molecule has 0 saturated heterocycles. The second-order valence-corrected chi connectivity index (χ2v) is 7.62. The van der Waals surface area contributed by atoms with Crippen molar-refractivity contribution in [3.63, 3.8) is 0 Å². The lowest BCUT2D eigenvalue weighted by Crippen LogP contribution is -2.22. The van der Waals surface area contributed by atoms with E-state index in [0.717, 1.165) is 12.1 Å². The molecule has 0 aromatic heterocycles. The molecule has 0 fully saturated rings. The number of aliphatic imine (C=N–C) groups is 1. The highest BCUT2D eigenvalue weighted by molar-refractivity contribution is 6.24. The molecule has 1 amide bonds. The number of fused-ring (bicyclic) bond motifs is 1. The molecular formula is C25H22FN3O3. The molecule has 162 valence electrons. The van der Waals surface area contributed by atoms with Crippen LogP contribution in [-0.2, 0) is 22.6 Å². The number of hydrogen-bond donors (Lipinski definition) is 3. The second-order valence-electron chi connectivity index (χ2n) is 7.62. The van der Waals surface area contributed by atoms with Crippen LogP contribution in [0, 0.1) is 5.82 Å². The van der Waals surface area contributed by atoms with Crippen LogP contribution in [-0.4, -0.2) is 29.7 Å². The van der Waals surface area contributed by atoms with Gasteiger partial charge in [-0.05, 0) is 59.6 Å². The molecule has 1 aliphatic rings. The minimum atomic E-state index is -0.944. The van der Waals surface area contributed by atoms with Gasteiger partial charge in [-0.25, -0.2) is 4.39 Å². The van der Waals surface area contributed by atoms with Crippen LogP contribution in [0.1, 0.15) is 28.2 Å². The van der Waals surface area contributed by atoms with Gasteiger partial charge < -0.3 is 15.7 Å². The standard InChI is InChI=1S/C25H22FN3O3/c1-27-14-15-5-8-19(9-6-15)28-24(17-4-2-3-16(11-17)12-22(30)31)23-20-10-7-18(26)13-21(20)29-25(23)32/h2-11,13,23,27H,12,14H2,1H3,(H,29,32)(H,30,31). The average Bonchev–Trinajstić information content (AvgIpc) is 3.07. The fourth-order valence-electron chi connectivity index (χ4n) is 3.85. The zero-order valence-electron chi connectivity index (χ0n) is 17.4. The Morgan fingerprint density at radius 2 is 1.88 bits per heavy atom. The molecular weight excluding hydrogens is 409 g/mol. The van der Waals surface area contributed by atoms with E-state index in [9.17, 15) is 19.1 Å². The van der Waals surface area contributed by atoms with Gasteiger partial charge >= 0.3 is 5.97 Å². The van der Waals surface area contributed by atoms with E-state index in [0.29, 0.717) is 33.8 Å². The summed E-state index contributed by atoms with van der Waals surface area (Å²) >= 11 is 0. The summed E-state index contributed by atoms with van der Waals surface area (Å²) in [6.07, 6.45) is -0.140. The van der Waals surface area contributed by atoms with E-state index in [1.165, 1.54) is 12.1 Å². The van der Waals surface area contributed by atoms with E-state index in [4.69, 9.17) is 4.99 Å². The van der Waals surface area contributed by atoms with Crippen LogP contribution in [0.2, 0.25) is 0 Å². The van der Waals surface area contributed by atoms with Crippen molar-refractivity contribution >= 4 is 29.0 Å². The van der Waals surface area contributed by atoms with E-state index >= 15 is 0 Å². The Labute approximate surface area is 184 Å².